The lowest BCUT2D eigenvalue weighted by molar-refractivity contribution is 0.466. The summed E-state index contributed by atoms with van der Waals surface area (Å²) in [4.78, 5) is 0. The van der Waals surface area contributed by atoms with Crippen LogP contribution < -0.4 is 0 Å². The number of hydrogen-bond donors (Lipinski definition) is 0. The topological polar surface area (TPSA) is 0 Å². The molecule has 0 nitrogen and oxygen atoms in total. The van der Waals surface area contributed by atoms with Crippen LogP contribution in [0.4, 0.5) is 0 Å². The zero-order valence-corrected chi connectivity index (χ0v) is 9.92. The van der Waals surface area contributed by atoms with Crippen molar-refractivity contribution in [3.8, 4) is 0 Å². The van der Waals surface area contributed by atoms with Gasteiger partial charge in [-0.2, -0.15) is 0 Å². The first-order valence-corrected chi connectivity index (χ1v) is 6.23. The van der Waals surface area contributed by atoms with Crippen LogP contribution in [-0.4, -0.2) is 0 Å². The first-order valence-electron chi connectivity index (χ1n) is 6.23. The van der Waals surface area contributed by atoms with E-state index in [4.69, 9.17) is 0 Å². The predicted octanol–water partition coefficient (Wildman–Crippen LogP) is 4.73. The van der Waals surface area contributed by atoms with Crippen LogP contribution in [0.2, 0.25) is 0 Å². The molecule has 0 aliphatic heterocycles. The Kier molecular flexibility index (Phi) is 5.00. The van der Waals surface area contributed by atoms with Gasteiger partial charge < -0.3 is 0 Å². The SMILES string of the molecule is CC.CC1CCCC1C1=CC=CCC1. The summed E-state index contributed by atoms with van der Waals surface area (Å²) in [6, 6.07) is 0. The maximum atomic E-state index is 2.41. The Morgan fingerprint density at radius 2 is 2.00 bits per heavy atom. The smallest absolute Gasteiger partial charge is 0.0174 e. The van der Waals surface area contributed by atoms with E-state index in [2.05, 4.69) is 25.2 Å². The predicted molar refractivity (Wildman–Crippen MR) is 64.3 cm³/mol. The molecule has 0 aromatic rings. The fourth-order valence-corrected chi connectivity index (χ4v) is 2.63. The molecule has 0 heteroatoms. The second-order valence-electron chi connectivity index (χ2n) is 4.22. The molecule has 2 unspecified atom stereocenters. The molecule has 2 rings (SSSR count). The molecule has 0 heterocycles. The van der Waals surface area contributed by atoms with Gasteiger partial charge in [0.25, 0.3) is 0 Å². The molecule has 0 saturated heterocycles. The fourth-order valence-electron chi connectivity index (χ4n) is 2.63. The molecule has 14 heavy (non-hydrogen) atoms. The van der Waals surface area contributed by atoms with Gasteiger partial charge in [-0.25, -0.2) is 0 Å². The highest BCUT2D eigenvalue weighted by molar-refractivity contribution is 5.21. The second-order valence-corrected chi connectivity index (χ2v) is 4.22. The Morgan fingerprint density at radius 3 is 2.50 bits per heavy atom. The lowest BCUT2D eigenvalue weighted by atomic mass is 9.85. The van der Waals surface area contributed by atoms with Gasteiger partial charge in [-0.3, -0.25) is 0 Å². The van der Waals surface area contributed by atoms with E-state index in [0.29, 0.717) is 0 Å². The summed E-state index contributed by atoms with van der Waals surface area (Å²) in [5, 5.41) is 0. The first kappa shape index (κ1) is 11.6. The van der Waals surface area contributed by atoms with E-state index >= 15 is 0 Å². The maximum absolute atomic E-state index is 2.41. The summed E-state index contributed by atoms with van der Waals surface area (Å²) >= 11 is 0. The molecule has 0 aromatic heterocycles. The van der Waals surface area contributed by atoms with Gasteiger partial charge in [0.05, 0.1) is 0 Å². The van der Waals surface area contributed by atoms with Gasteiger partial charge in [-0.1, -0.05) is 57.4 Å². The van der Waals surface area contributed by atoms with Crippen molar-refractivity contribution in [2.24, 2.45) is 11.8 Å². The van der Waals surface area contributed by atoms with Gasteiger partial charge in [0, 0.05) is 0 Å². The van der Waals surface area contributed by atoms with Crippen molar-refractivity contribution in [1.82, 2.24) is 0 Å². The lowest BCUT2D eigenvalue weighted by Gasteiger charge is -2.20. The Bertz CT molecular complexity index is 210. The number of rotatable bonds is 1. The molecule has 0 bridgehead atoms. The van der Waals surface area contributed by atoms with Gasteiger partial charge in [-0.15, -0.1) is 0 Å². The van der Waals surface area contributed by atoms with E-state index in [0.717, 1.165) is 11.8 Å². The van der Waals surface area contributed by atoms with Crippen LogP contribution in [0.15, 0.2) is 23.8 Å². The quantitative estimate of drug-likeness (QED) is 0.563. The highest BCUT2D eigenvalue weighted by Gasteiger charge is 2.26. The van der Waals surface area contributed by atoms with Gasteiger partial charge >= 0.3 is 0 Å². The second kappa shape index (κ2) is 6.06. The van der Waals surface area contributed by atoms with E-state index in [1.54, 1.807) is 5.57 Å². The summed E-state index contributed by atoms with van der Waals surface area (Å²) in [6.45, 7) is 6.41. The maximum Gasteiger partial charge on any atom is -0.0174 e. The van der Waals surface area contributed by atoms with Crippen molar-refractivity contribution in [1.29, 1.82) is 0 Å². The van der Waals surface area contributed by atoms with Gasteiger partial charge in [0.1, 0.15) is 0 Å². The van der Waals surface area contributed by atoms with Crippen molar-refractivity contribution < 1.29 is 0 Å². The molecule has 0 spiro atoms. The molecule has 2 aliphatic carbocycles. The van der Waals surface area contributed by atoms with Crippen molar-refractivity contribution >= 4 is 0 Å². The minimum Gasteiger partial charge on any atom is -0.0842 e. The molecule has 2 atom stereocenters. The van der Waals surface area contributed by atoms with E-state index < -0.39 is 0 Å². The number of allylic oxidation sites excluding steroid dienone is 4. The molecule has 1 saturated carbocycles. The highest BCUT2D eigenvalue weighted by atomic mass is 14.3. The molecule has 0 radical (unpaired) electrons. The summed E-state index contributed by atoms with van der Waals surface area (Å²) < 4.78 is 0. The van der Waals surface area contributed by atoms with E-state index in [1.807, 2.05) is 13.8 Å². The molecule has 80 valence electrons. The standard InChI is InChI=1S/C12H18.C2H6/c1-10-6-5-9-12(10)11-7-3-2-4-8-11;1-2/h2-3,7,10,12H,4-6,8-9H2,1H3;1-2H3. The largest absolute Gasteiger partial charge is 0.0842 e. The zero-order valence-electron chi connectivity index (χ0n) is 9.92. The average molecular weight is 192 g/mol. The van der Waals surface area contributed by atoms with Crippen molar-refractivity contribution in [2.75, 3.05) is 0 Å². The number of hydrogen-bond acceptors (Lipinski definition) is 0. The van der Waals surface area contributed by atoms with Crippen LogP contribution in [-0.2, 0) is 0 Å². The van der Waals surface area contributed by atoms with Crippen molar-refractivity contribution in [3.63, 3.8) is 0 Å². The van der Waals surface area contributed by atoms with E-state index in [1.165, 1.54) is 32.1 Å². The fraction of sp³-hybridized carbons (Fsp3) is 0.714. The van der Waals surface area contributed by atoms with Crippen LogP contribution >= 0.6 is 0 Å². The van der Waals surface area contributed by atoms with Crippen LogP contribution in [0.25, 0.3) is 0 Å². The lowest BCUT2D eigenvalue weighted by Crippen LogP contribution is -2.08. The van der Waals surface area contributed by atoms with Crippen LogP contribution in [0.5, 0.6) is 0 Å². The monoisotopic (exact) mass is 192 g/mol. The van der Waals surface area contributed by atoms with E-state index in [9.17, 15) is 0 Å². The Labute approximate surface area is 89.1 Å². The van der Waals surface area contributed by atoms with Gasteiger partial charge in [-0.05, 0) is 31.1 Å². The van der Waals surface area contributed by atoms with Gasteiger partial charge in [0.2, 0.25) is 0 Å². The molecular formula is C14H24. The molecule has 1 fully saturated rings. The van der Waals surface area contributed by atoms with Crippen LogP contribution in [0, 0.1) is 11.8 Å². The van der Waals surface area contributed by atoms with Gasteiger partial charge in [0.15, 0.2) is 0 Å². The molecule has 0 amide bonds. The minimum absolute atomic E-state index is 0.926. The third kappa shape index (κ3) is 2.73. The molecule has 0 aromatic carbocycles. The highest BCUT2D eigenvalue weighted by Crippen LogP contribution is 2.38. The van der Waals surface area contributed by atoms with E-state index in [-0.39, 0.29) is 0 Å². The molecule has 0 N–H and O–H groups in total. The van der Waals surface area contributed by atoms with Crippen molar-refractivity contribution in [3.05, 3.63) is 23.8 Å². The Balaban J connectivity index is 0.000000461. The molecular weight excluding hydrogens is 168 g/mol. The van der Waals surface area contributed by atoms with Crippen LogP contribution in [0.3, 0.4) is 0 Å². The third-order valence-corrected chi connectivity index (χ3v) is 3.38. The minimum atomic E-state index is 0.926. The zero-order chi connectivity index (χ0) is 10.4. The Morgan fingerprint density at radius 1 is 1.21 bits per heavy atom. The summed E-state index contributed by atoms with van der Waals surface area (Å²) in [5.41, 5.74) is 1.72. The average Bonchev–Trinajstić information content (AvgIpc) is 2.69. The summed E-state index contributed by atoms with van der Waals surface area (Å²) in [6.07, 6.45) is 13.8. The third-order valence-electron chi connectivity index (χ3n) is 3.38. The first-order chi connectivity index (χ1) is 6.88. The summed E-state index contributed by atoms with van der Waals surface area (Å²) in [5.74, 6) is 1.87. The van der Waals surface area contributed by atoms with Crippen molar-refractivity contribution in [2.45, 2.75) is 52.9 Å². The normalized spacial score (nSPS) is 30.6. The summed E-state index contributed by atoms with van der Waals surface area (Å²) in [7, 11) is 0. The van der Waals surface area contributed by atoms with Crippen LogP contribution in [0.1, 0.15) is 52.9 Å². The Hall–Kier alpha value is -0.520. The molecule has 2 aliphatic rings.